The Balaban J connectivity index is 1.46. The quantitative estimate of drug-likeness (QED) is 0.232. The zero-order valence-electron chi connectivity index (χ0n) is 22.3. The fourth-order valence-corrected chi connectivity index (χ4v) is 6.74. The number of rotatable bonds is 3. The van der Waals surface area contributed by atoms with Gasteiger partial charge in [0.05, 0.1) is 0 Å². The summed E-state index contributed by atoms with van der Waals surface area (Å²) in [6.45, 7) is 0. The van der Waals surface area contributed by atoms with Crippen molar-refractivity contribution in [1.82, 2.24) is 0 Å². The molecule has 5 heteroatoms. The minimum Gasteiger partial charge on any atom is -0.505 e. The summed E-state index contributed by atoms with van der Waals surface area (Å²) in [5.74, 6) is -1.50. The van der Waals surface area contributed by atoms with Crippen molar-refractivity contribution in [2.45, 2.75) is 18.3 Å². The lowest BCUT2D eigenvalue weighted by Gasteiger charge is -2.38. The molecular weight excluding hydrogens is 502 g/mol. The first-order valence-corrected chi connectivity index (χ1v) is 13.8. The molecule has 4 radical (unpaired) electrons. The van der Waals surface area contributed by atoms with Gasteiger partial charge in [-0.2, -0.15) is 0 Å². The molecule has 4 aromatic rings. The summed E-state index contributed by atoms with van der Waals surface area (Å²) in [5, 5.41) is 34.3. The first-order valence-electron chi connectivity index (χ1n) is 13.8. The predicted octanol–water partition coefficient (Wildman–Crippen LogP) is 5.83. The third-order valence-corrected chi connectivity index (χ3v) is 8.71. The van der Waals surface area contributed by atoms with Crippen LogP contribution in [-0.4, -0.2) is 31.0 Å². The number of benzene rings is 4. The lowest BCUT2D eigenvalue weighted by molar-refractivity contribution is 0.369. The van der Waals surface area contributed by atoms with Crippen LogP contribution in [0.15, 0.2) is 115 Å². The molecule has 0 amide bonds. The monoisotopic (exact) mass is 528 g/mol. The van der Waals surface area contributed by atoms with Crippen molar-refractivity contribution in [3.63, 3.8) is 0 Å². The highest BCUT2D eigenvalue weighted by molar-refractivity contribution is 6.51. The number of allylic oxidation sites excluding steroid dienone is 9. The second-order valence-electron chi connectivity index (χ2n) is 10.9. The van der Waals surface area contributed by atoms with Crippen LogP contribution in [0.4, 0.5) is 0 Å². The zero-order valence-corrected chi connectivity index (χ0v) is 22.3. The lowest BCUT2D eigenvalue weighted by Crippen LogP contribution is -2.31. The van der Waals surface area contributed by atoms with Crippen LogP contribution >= 0.6 is 0 Å². The topological polar surface area (TPSA) is 60.7 Å². The first-order chi connectivity index (χ1) is 20.0. The maximum atomic E-state index is 11.1. The van der Waals surface area contributed by atoms with Crippen molar-refractivity contribution in [2.75, 3.05) is 0 Å². The van der Waals surface area contributed by atoms with E-state index in [2.05, 4.69) is 72.8 Å². The SMILES string of the molecule is [B]c1c([B])c(C2=C3C=CC=CC3C(c3cccc4cc(C5C=CC=CC5)ccc34)c3ccccc32)c(O)c(O)c1O. The first kappa shape index (κ1) is 25.3. The summed E-state index contributed by atoms with van der Waals surface area (Å²) in [5.41, 5.74) is 6.23. The van der Waals surface area contributed by atoms with Crippen molar-refractivity contribution >= 4 is 43.0 Å². The molecule has 0 saturated heterocycles. The van der Waals surface area contributed by atoms with Crippen LogP contribution in [0, 0.1) is 5.92 Å². The Kier molecular flexibility index (Phi) is 6.04. The fourth-order valence-electron chi connectivity index (χ4n) is 6.74. The van der Waals surface area contributed by atoms with Crippen LogP contribution in [0.2, 0.25) is 0 Å². The predicted molar refractivity (Wildman–Crippen MR) is 168 cm³/mol. The minimum atomic E-state index is -0.681. The fraction of sp³-hybridized carbons (Fsp3) is 0.111. The maximum absolute atomic E-state index is 11.1. The molecule has 3 N–H and O–H groups in total. The van der Waals surface area contributed by atoms with Gasteiger partial charge in [0, 0.05) is 23.3 Å². The largest absolute Gasteiger partial charge is 0.505 e. The zero-order chi connectivity index (χ0) is 28.2. The average Bonchev–Trinajstić information content (AvgIpc) is 3.02. The molecule has 0 saturated carbocycles. The van der Waals surface area contributed by atoms with E-state index >= 15 is 0 Å². The van der Waals surface area contributed by atoms with Gasteiger partial charge in [0.25, 0.3) is 0 Å². The van der Waals surface area contributed by atoms with Gasteiger partial charge in [-0.1, -0.05) is 120 Å². The van der Waals surface area contributed by atoms with E-state index in [9.17, 15) is 15.3 Å². The number of hydrogen-bond donors (Lipinski definition) is 3. The van der Waals surface area contributed by atoms with Crippen LogP contribution in [-0.2, 0) is 0 Å². The van der Waals surface area contributed by atoms with Gasteiger partial charge in [0.1, 0.15) is 15.7 Å². The molecule has 4 aromatic carbocycles. The summed E-state index contributed by atoms with van der Waals surface area (Å²) in [4.78, 5) is 0. The van der Waals surface area contributed by atoms with Gasteiger partial charge < -0.3 is 15.3 Å². The molecule has 3 atom stereocenters. The highest BCUT2D eigenvalue weighted by Gasteiger charge is 2.37. The normalized spacial score (nSPS) is 20.8. The van der Waals surface area contributed by atoms with E-state index < -0.39 is 17.2 Å². The van der Waals surface area contributed by atoms with E-state index in [1.807, 2.05) is 36.4 Å². The van der Waals surface area contributed by atoms with Crippen molar-refractivity contribution in [2.24, 2.45) is 5.92 Å². The van der Waals surface area contributed by atoms with Gasteiger partial charge in [0.2, 0.25) is 0 Å². The number of phenolic OH excluding ortho intramolecular Hbond substituents is 3. The minimum absolute atomic E-state index is 0.00960. The van der Waals surface area contributed by atoms with Crippen LogP contribution in [0.25, 0.3) is 16.3 Å². The Morgan fingerprint density at radius 3 is 2.34 bits per heavy atom. The molecule has 3 aliphatic rings. The Labute approximate surface area is 242 Å². The van der Waals surface area contributed by atoms with Crippen molar-refractivity contribution in [3.8, 4) is 17.2 Å². The van der Waals surface area contributed by atoms with Gasteiger partial charge in [0.15, 0.2) is 17.2 Å². The number of phenols is 3. The number of hydrogen-bond acceptors (Lipinski definition) is 3. The van der Waals surface area contributed by atoms with Gasteiger partial charge in [-0.3, -0.25) is 0 Å². The third-order valence-electron chi connectivity index (χ3n) is 8.71. The highest BCUT2D eigenvalue weighted by atomic mass is 16.3. The Bertz CT molecular complexity index is 1860. The maximum Gasteiger partial charge on any atom is 0.200 e. The van der Waals surface area contributed by atoms with Crippen LogP contribution < -0.4 is 10.9 Å². The molecule has 3 nitrogen and oxygen atoms in total. The molecule has 194 valence electrons. The lowest BCUT2D eigenvalue weighted by atomic mass is 9.64. The van der Waals surface area contributed by atoms with Crippen LogP contribution in [0.3, 0.4) is 0 Å². The molecule has 0 aromatic heterocycles. The Morgan fingerprint density at radius 2 is 1.51 bits per heavy atom. The van der Waals surface area contributed by atoms with E-state index in [-0.39, 0.29) is 28.3 Å². The van der Waals surface area contributed by atoms with E-state index in [1.54, 1.807) is 0 Å². The van der Waals surface area contributed by atoms with Gasteiger partial charge in [-0.05, 0) is 50.6 Å². The molecule has 41 heavy (non-hydrogen) atoms. The summed E-state index contributed by atoms with van der Waals surface area (Å²) < 4.78 is 0. The van der Waals surface area contributed by atoms with Gasteiger partial charge >= 0.3 is 0 Å². The molecule has 7 rings (SSSR count). The smallest absolute Gasteiger partial charge is 0.200 e. The summed E-state index contributed by atoms with van der Waals surface area (Å²) in [7, 11) is 12.5. The van der Waals surface area contributed by atoms with Gasteiger partial charge in [-0.25, -0.2) is 0 Å². The van der Waals surface area contributed by atoms with Crippen LogP contribution in [0.1, 0.15) is 46.1 Å². The molecular formula is C36H26B2O3. The third kappa shape index (κ3) is 3.91. The molecule has 0 heterocycles. The van der Waals surface area contributed by atoms with Crippen LogP contribution in [0.5, 0.6) is 17.2 Å². The standard InChI is InChI=1S/C36H26B2O3/c37-32-31(34(39)36(41)35(40)33(32)38)30-27-14-6-4-12-25(27)29(26-13-5-7-15-28(26)30)24-16-8-11-22-19-21(17-18-23(22)24)20-9-2-1-3-10-20/h1-9,11-20,25,29,39-41H,10H2. The summed E-state index contributed by atoms with van der Waals surface area (Å²) in [6, 6.07) is 21.4. The second-order valence-corrected chi connectivity index (χ2v) is 10.9. The highest BCUT2D eigenvalue weighted by Crippen LogP contribution is 2.53. The Hall–Kier alpha value is -4.63. The van der Waals surface area contributed by atoms with E-state index in [4.69, 9.17) is 15.7 Å². The molecule has 0 spiro atoms. The average molecular weight is 528 g/mol. The second kappa shape index (κ2) is 9.78. The van der Waals surface area contributed by atoms with Crippen molar-refractivity contribution in [3.05, 3.63) is 143 Å². The molecule has 0 fully saturated rings. The molecule has 3 unspecified atom stereocenters. The number of aromatic hydroxyl groups is 3. The molecule has 3 aliphatic carbocycles. The van der Waals surface area contributed by atoms with Crippen molar-refractivity contribution in [1.29, 1.82) is 0 Å². The van der Waals surface area contributed by atoms with E-state index in [1.165, 1.54) is 21.9 Å². The number of fused-ring (bicyclic) bond motifs is 3. The Morgan fingerprint density at radius 1 is 0.707 bits per heavy atom. The van der Waals surface area contributed by atoms with Gasteiger partial charge in [-0.15, -0.1) is 0 Å². The van der Waals surface area contributed by atoms with Crippen molar-refractivity contribution < 1.29 is 15.3 Å². The summed E-state index contributed by atoms with van der Waals surface area (Å²) >= 11 is 0. The summed E-state index contributed by atoms with van der Waals surface area (Å²) in [6.07, 6.45) is 17.9. The molecule has 0 bridgehead atoms. The van der Waals surface area contributed by atoms with E-state index in [0.29, 0.717) is 11.5 Å². The molecule has 0 aliphatic heterocycles. The van der Waals surface area contributed by atoms with E-state index in [0.717, 1.165) is 23.1 Å².